The minimum absolute atomic E-state index is 0.0214. The Kier molecular flexibility index (Phi) is 2.49. The van der Waals surface area contributed by atoms with Crippen LogP contribution in [0.5, 0.6) is 0 Å². The highest BCUT2D eigenvalue weighted by atomic mass is 16.1. The summed E-state index contributed by atoms with van der Waals surface area (Å²) in [5.41, 5.74) is 6.44. The average Bonchev–Trinajstić information content (AvgIpc) is 2.56. The maximum Gasteiger partial charge on any atom is 0.275 e. The second-order valence-electron chi connectivity index (χ2n) is 4.31. The first-order chi connectivity index (χ1) is 7.91. The summed E-state index contributed by atoms with van der Waals surface area (Å²) < 4.78 is 1.42. The summed E-state index contributed by atoms with van der Waals surface area (Å²) in [4.78, 5) is 25.9. The van der Waals surface area contributed by atoms with Crippen molar-refractivity contribution in [2.45, 2.75) is 26.7 Å². The Bertz CT molecular complexity index is 651. The van der Waals surface area contributed by atoms with Crippen LogP contribution in [0.4, 0.5) is 0 Å². The number of nitrogens with two attached hydrogens (primary N) is 1. The lowest BCUT2D eigenvalue weighted by Gasteiger charge is -2.05. The Hall–Kier alpha value is -2.11. The van der Waals surface area contributed by atoms with E-state index in [1.165, 1.54) is 10.7 Å². The number of aromatic nitrogens is 3. The Morgan fingerprint density at radius 3 is 2.71 bits per heavy atom. The van der Waals surface area contributed by atoms with Crippen molar-refractivity contribution in [1.82, 2.24) is 14.6 Å². The molecule has 2 heterocycles. The van der Waals surface area contributed by atoms with E-state index in [2.05, 4.69) is 10.1 Å². The molecule has 0 saturated heterocycles. The molecule has 1 amide bonds. The summed E-state index contributed by atoms with van der Waals surface area (Å²) in [5, 5.41) is 4.14. The monoisotopic (exact) mass is 234 g/mol. The van der Waals surface area contributed by atoms with Crippen LogP contribution in [0.3, 0.4) is 0 Å². The largest absolute Gasteiger partial charge is 0.366 e. The average molecular weight is 234 g/mol. The number of aromatic amines is 1. The van der Waals surface area contributed by atoms with Gasteiger partial charge in [-0.2, -0.15) is 5.10 Å². The highest BCUT2D eigenvalue weighted by Crippen LogP contribution is 2.23. The Morgan fingerprint density at radius 2 is 2.18 bits per heavy atom. The molecule has 0 bridgehead atoms. The first-order valence-corrected chi connectivity index (χ1v) is 5.33. The van der Waals surface area contributed by atoms with Crippen LogP contribution in [0.25, 0.3) is 5.52 Å². The highest BCUT2D eigenvalue weighted by molar-refractivity contribution is 5.96. The van der Waals surface area contributed by atoms with E-state index < -0.39 is 5.91 Å². The lowest BCUT2D eigenvalue weighted by molar-refractivity contribution is 0.0999. The number of carbonyl (C=O) groups is 1. The number of amides is 1. The van der Waals surface area contributed by atoms with Gasteiger partial charge in [0, 0.05) is 11.8 Å². The SMILES string of the molecule is Cc1nn2cc(C(N)=O)c(C(C)C)c2c(=O)[nH]1. The van der Waals surface area contributed by atoms with Crippen molar-refractivity contribution in [1.29, 1.82) is 0 Å². The molecule has 6 heteroatoms. The molecule has 0 fully saturated rings. The van der Waals surface area contributed by atoms with Crippen molar-refractivity contribution in [3.63, 3.8) is 0 Å². The number of aryl methyl sites for hydroxylation is 1. The van der Waals surface area contributed by atoms with Crippen molar-refractivity contribution in [3.8, 4) is 0 Å². The van der Waals surface area contributed by atoms with E-state index in [1.54, 1.807) is 6.92 Å². The fraction of sp³-hybridized carbons (Fsp3) is 0.364. The van der Waals surface area contributed by atoms with Gasteiger partial charge in [0.15, 0.2) is 0 Å². The summed E-state index contributed by atoms with van der Waals surface area (Å²) >= 11 is 0. The van der Waals surface area contributed by atoms with Crippen LogP contribution >= 0.6 is 0 Å². The molecule has 3 N–H and O–H groups in total. The Labute approximate surface area is 97.4 Å². The third kappa shape index (κ3) is 1.71. The van der Waals surface area contributed by atoms with Crippen LogP contribution in [0.2, 0.25) is 0 Å². The molecular formula is C11H14N4O2. The van der Waals surface area contributed by atoms with Crippen LogP contribution in [-0.4, -0.2) is 20.5 Å². The maximum atomic E-state index is 11.9. The fourth-order valence-electron chi connectivity index (χ4n) is 2.00. The standard InChI is InChI=1S/C11H14N4O2/c1-5(2)8-7(10(12)16)4-15-9(8)11(17)13-6(3)14-15/h4-5H,1-3H3,(H2,12,16)(H,13,14,17). The van der Waals surface area contributed by atoms with Crippen LogP contribution in [0.15, 0.2) is 11.0 Å². The van der Waals surface area contributed by atoms with Crippen molar-refractivity contribution in [2.24, 2.45) is 5.73 Å². The molecule has 0 saturated carbocycles. The van der Waals surface area contributed by atoms with Crippen molar-refractivity contribution >= 4 is 11.4 Å². The Morgan fingerprint density at radius 1 is 1.53 bits per heavy atom. The molecule has 0 aliphatic rings. The van der Waals surface area contributed by atoms with E-state index in [9.17, 15) is 9.59 Å². The van der Waals surface area contributed by atoms with Gasteiger partial charge in [0.2, 0.25) is 0 Å². The topological polar surface area (TPSA) is 93.2 Å². The highest BCUT2D eigenvalue weighted by Gasteiger charge is 2.20. The van der Waals surface area contributed by atoms with E-state index in [-0.39, 0.29) is 11.5 Å². The number of H-pyrrole nitrogens is 1. The number of primary amides is 1. The van der Waals surface area contributed by atoms with E-state index in [4.69, 9.17) is 5.73 Å². The maximum absolute atomic E-state index is 11.9. The van der Waals surface area contributed by atoms with Gasteiger partial charge in [-0.25, -0.2) is 4.52 Å². The molecule has 0 spiro atoms. The number of nitrogens with one attached hydrogen (secondary N) is 1. The summed E-state index contributed by atoms with van der Waals surface area (Å²) in [5.74, 6) is -0.0341. The molecule has 0 atom stereocenters. The predicted octanol–water partition coefficient (Wildman–Crippen LogP) is 0.553. The number of nitrogens with zero attached hydrogens (tertiary/aromatic N) is 2. The minimum atomic E-state index is -0.545. The first-order valence-electron chi connectivity index (χ1n) is 5.33. The van der Waals surface area contributed by atoms with Gasteiger partial charge < -0.3 is 10.7 Å². The second kappa shape index (κ2) is 3.73. The summed E-state index contributed by atoms with van der Waals surface area (Å²) in [6, 6.07) is 0. The van der Waals surface area contributed by atoms with E-state index in [0.717, 1.165) is 0 Å². The third-order valence-electron chi connectivity index (χ3n) is 2.64. The van der Waals surface area contributed by atoms with Gasteiger partial charge in [0.25, 0.3) is 11.5 Å². The Balaban J connectivity index is 2.95. The van der Waals surface area contributed by atoms with E-state index in [1.807, 2.05) is 13.8 Å². The smallest absolute Gasteiger partial charge is 0.275 e. The molecule has 0 radical (unpaired) electrons. The van der Waals surface area contributed by atoms with Gasteiger partial charge in [-0.1, -0.05) is 13.8 Å². The van der Waals surface area contributed by atoms with Gasteiger partial charge in [-0.05, 0) is 12.8 Å². The summed E-state index contributed by atoms with van der Waals surface area (Å²) in [6.45, 7) is 5.49. The second-order valence-corrected chi connectivity index (χ2v) is 4.31. The third-order valence-corrected chi connectivity index (χ3v) is 2.64. The molecule has 0 aromatic carbocycles. The molecule has 0 aliphatic heterocycles. The van der Waals surface area contributed by atoms with Gasteiger partial charge >= 0.3 is 0 Å². The number of rotatable bonds is 2. The van der Waals surface area contributed by atoms with Crippen molar-refractivity contribution < 1.29 is 4.79 Å². The molecule has 2 aromatic rings. The summed E-state index contributed by atoms with van der Waals surface area (Å²) in [7, 11) is 0. The van der Waals surface area contributed by atoms with Gasteiger partial charge in [0.05, 0.1) is 5.56 Å². The minimum Gasteiger partial charge on any atom is -0.366 e. The predicted molar refractivity (Wildman–Crippen MR) is 63.2 cm³/mol. The number of hydrogen-bond donors (Lipinski definition) is 2. The molecule has 0 unspecified atom stereocenters. The quantitative estimate of drug-likeness (QED) is 0.794. The lowest BCUT2D eigenvalue weighted by Crippen LogP contribution is -2.16. The van der Waals surface area contributed by atoms with Crippen LogP contribution in [-0.2, 0) is 0 Å². The molecular weight excluding hydrogens is 220 g/mol. The van der Waals surface area contributed by atoms with E-state index in [0.29, 0.717) is 22.5 Å². The molecule has 0 aliphatic carbocycles. The summed E-state index contributed by atoms with van der Waals surface area (Å²) in [6.07, 6.45) is 1.51. The first kappa shape index (κ1) is 11.4. The van der Waals surface area contributed by atoms with Crippen LogP contribution < -0.4 is 11.3 Å². The molecule has 6 nitrogen and oxygen atoms in total. The molecule has 90 valence electrons. The van der Waals surface area contributed by atoms with Crippen LogP contribution in [0, 0.1) is 6.92 Å². The fourth-order valence-corrected chi connectivity index (χ4v) is 2.00. The molecule has 17 heavy (non-hydrogen) atoms. The number of carbonyl (C=O) groups excluding carboxylic acids is 1. The lowest BCUT2D eigenvalue weighted by atomic mass is 10.00. The van der Waals surface area contributed by atoms with Gasteiger partial charge in [-0.15, -0.1) is 0 Å². The normalized spacial score (nSPS) is 11.3. The van der Waals surface area contributed by atoms with Gasteiger partial charge in [0.1, 0.15) is 11.3 Å². The molecule has 2 aromatic heterocycles. The number of hydrogen-bond acceptors (Lipinski definition) is 3. The zero-order valence-electron chi connectivity index (χ0n) is 9.94. The van der Waals surface area contributed by atoms with E-state index >= 15 is 0 Å². The van der Waals surface area contributed by atoms with Crippen molar-refractivity contribution in [2.75, 3.05) is 0 Å². The van der Waals surface area contributed by atoms with Gasteiger partial charge in [-0.3, -0.25) is 9.59 Å². The van der Waals surface area contributed by atoms with Crippen LogP contribution in [0.1, 0.15) is 41.5 Å². The van der Waals surface area contributed by atoms with Crippen molar-refractivity contribution in [3.05, 3.63) is 33.5 Å². The zero-order chi connectivity index (χ0) is 12.7. The molecule has 2 rings (SSSR count). The number of fused-ring (bicyclic) bond motifs is 1. The zero-order valence-corrected chi connectivity index (χ0v) is 9.94.